The summed E-state index contributed by atoms with van der Waals surface area (Å²) in [5, 5.41) is 6.67. The van der Waals surface area contributed by atoms with Crippen LogP contribution in [-0.4, -0.2) is 32.4 Å². The van der Waals surface area contributed by atoms with Gasteiger partial charge in [-0.2, -0.15) is 0 Å². The van der Waals surface area contributed by atoms with E-state index in [1.807, 2.05) is 44.2 Å². The Kier molecular flexibility index (Phi) is 8.69. The van der Waals surface area contributed by atoms with Gasteiger partial charge >= 0.3 is 0 Å². The Balaban J connectivity index is 0.00000280. The number of nitrogens with zero attached hydrogens (tertiary/aromatic N) is 1. The topological polar surface area (TPSA) is 64.1 Å². The summed E-state index contributed by atoms with van der Waals surface area (Å²) in [6, 6.07) is 14.1. The molecule has 6 nitrogen and oxygen atoms in total. The maximum absolute atomic E-state index is 5.74. The van der Waals surface area contributed by atoms with Crippen molar-refractivity contribution in [2.24, 2.45) is 4.99 Å². The third-order valence-corrected chi connectivity index (χ3v) is 4.10. The minimum atomic E-state index is 0. The molecule has 2 aromatic carbocycles. The zero-order valence-electron chi connectivity index (χ0n) is 16.5. The van der Waals surface area contributed by atoms with Crippen molar-refractivity contribution >= 4 is 29.9 Å². The van der Waals surface area contributed by atoms with Crippen LogP contribution in [0.3, 0.4) is 0 Å². The fourth-order valence-electron chi connectivity index (χ4n) is 2.83. The minimum absolute atomic E-state index is 0. The highest BCUT2D eigenvalue weighted by molar-refractivity contribution is 14.0. The summed E-state index contributed by atoms with van der Waals surface area (Å²) in [6.45, 7) is 5.81. The Morgan fingerprint density at radius 2 is 1.89 bits per heavy atom. The minimum Gasteiger partial charge on any atom is -0.491 e. The van der Waals surface area contributed by atoms with Gasteiger partial charge in [-0.3, -0.25) is 4.99 Å². The van der Waals surface area contributed by atoms with Gasteiger partial charge in [-0.15, -0.1) is 24.0 Å². The smallest absolute Gasteiger partial charge is 0.231 e. The van der Waals surface area contributed by atoms with E-state index >= 15 is 0 Å². The molecule has 3 rings (SSSR count). The summed E-state index contributed by atoms with van der Waals surface area (Å²) in [4.78, 5) is 4.28. The van der Waals surface area contributed by atoms with Gasteiger partial charge in [-0.25, -0.2) is 0 Å². The van der Waals surface area contributed by atoms with E-state index in [9.17, 15) is 0 Å². The number of ether oxygens (including phenoxy) is 3. The number of aliphatic imine (C=N–C) groups is 1. The number of rotatable bonds is 7. The predicted octanol–water partition coefficient (Wildman–Crippen LogP) is 3.73. The molecular weight excluding hydrogens is 469 g/mol. The predicted molar refractivity (Wildman–Crippen MR) is 122 cm³/mol. The van der Waals surface area contributed by atoms with Gasteiger partial charge in [0.2, 0.25) is 6.79 Å². The Bertz CT molecular complexity index is 796. The highest BCUT2D eigenvalue weighted by atomic mass is 127. The normalized spacial score (nSPS) is 12.5. The molecule has 0 aliphatic carbocycles. The monoisotopic (exact) mass is 497 g/mol. The van der Waals surface area contributed by atoms with Crippen LogP contribution < -0.4 is 24.8 Å². The molecule has 0 saturated heterocycles. The lowest BCUT2D eigenvalue weighted by atomic mass is 10.1. The van der Waals surface area contributed by atoms with Gasteiger partial charge in [0.15, 0.2) is 17.5 Å². The van der Waals surface area contributed by atoms with E-state index in [0.29, 0.717) is 13.3 Å². The van der Waals surface area contributed by atoms with E-state index in [1.165, 1.54) is 5.56 Å². The van der Waals surface area contributed by atoms with Gasteiger partial charge in [0, 0.05) is 20.1 Å². The Morgan fingerprint density at radius 3 is 2.68 bits per heavy atom. The zero-order chi connectivity index (χ0) is 19.1. The van der Waals surface area contributed by atoms with E-state index in [4.69, 9.17) is 14.2 Å². The quantitative estimate of drug-likeness (QED) is 0.347. The van der Waals surface area contributed by atoms with Crippen molar-refractivity contribution in [1.82, 2.24) is 10.6 Å². The first-order valence-electron chi connectivity index (χ1n) is 9.22. The second-order valence-corrected chi connectivity index (χ2v) is 6.60. The summed E-state index contributed by atoms with van der Waals surface area (Å²) in [6.07, 6.45) is 1.04. The molecule has 0 atom stereocenters. The van der Waals surface area contributed by atoms with E-state index in [0.717, 1.165) is 41.7 Å². The molecule has 0 bridgehead atoms. The van der Waals surface area contributed by atoms with Crippen LogP contribution in [0.1, 0.15) is 25.0 Å². The van der Waals surface area contributed by atoms with Crippen molar-refractivity contribution in [1.29, 1.82) is 0 Å². The molecule has 0 amide bonds. The van der Waals surface area contributed by atoms with Gasteiger partial charge in [-0.1, -0.05) is 18.2 Å². The van der Waals surface area contributed by atoms with Crippen molar-refractivity contribution in [3.63, 3.8) is 0 Å². The van der Waals surface area contributed by atoms with Crippen molar-refractivity contribution in [2.75, 3.05) is 20.4 Å². The van der Waals surface area contributed by atoms with Gasteiger partial charge in [0.1, 0.15) is 5.75 Å². The van der Waals surface area contributed by atoms with E-state index < -0.39 is 0 Å². The molecule has 0 fully saturated rings. The van der Waals surface area contributed by atoms with Crippen LogP contribution in [0.15, 0.2) is 47.5 Å². The Hall–Kier alpha value is -2.16. The molecule has 1 aliphatic heterocycles. The van der Waals surface area contributed by atoms with E-state index in [-0.39, 0.29) is 30.1 Å². The average molecular weight is 497 g/mol. The standard InChI is InChI=1S/C21H27N3O3.HI/c1-15(2)27-18-6-4-5-17(11-18)13-24-21(22-3)23-10-9-16-7-8-19-20(12-16)26-14-25-19;/h4-8,11-12,15H,9-10,13-14H2,1-3H3,(H2,22,23,24);1H. The summed E-state index contributed by atoms with van der Waals surface area (Å²) < 4.78 is 16.5. The van der Waals surface area contributed by atoms with Gasteiger partial charge in [0.05, 0.1) is 6.10 Å². The third-order valence-electron chi connectivity index (χ3n) is 4.10. The van der Waals surface area contributed by atoms with Crippen LogP contribution in [-0.2, 0) is 13.0 Å². The first-order valence-corrected chi connectivity index (χ1v) is 9.22. The molecule has 2 aromatic rings. The number of fused-ring (bicyclic) bond motifs is 1. The molecule has 2 N–H and O–H groups in total. The first kappa shape index (κ1) is 22.1. The van der Waals surface area contributed by atoms with Gasteiger partial charge < -0.3 is 24.8 Å². The Labute approximate surface area is 183 Å². The lowest BCUT2D eigenvalue weighted by molar-refractivity contribution is 0.174. The fourth-order valence-corrected chi connectivity index (χ4v) is 2.83. The maximum Gasteiger partial charge on any atom is 0.231 e. The van der Waals surface area contributed by atoms with Crippen LogP contribution in [0.4, 0.5) is 0 Å². The van der Waals surface area contributed by atoms with Crippen molar-refractivity contribution in [3.8, 4) is 17.2 Å². The molecule has 0 saturated carbocycles. The summed E-state index contributed by atoms with van der Waals surface area (Å²) in [7, 11) is 1.77. The molecule has 0 radical (unpaired) electrons. The SMILES string of the molecule is CN=C(NCCc1ccc2c(c1)OCO2)NCc1cccc(OC(C)C)c1.I. The molecule has 152 valence electrons. The van der Waals surface area contributed by atoms with Gasteiger partial charge in [0.25, 0.3) is 0 Å². The largest absolute Gasteiger partial charge is 0.491 e. The lowest BCUT2D eigenvalue weighted by Crippen LogP contribution is -2.37. The number of benzene rings is 2. The van der Waals surface area contributed by atoms with Crippen LogP contribution >= 0.6 is 24.0 Å². The summed E-state index contributed by atoms with van der Waals surface area (Å²) in [5.74, 6) is 3.28. The number of nitrogens with one attached hydrogen (secondary N) is 2. The second-order valence-electron chi connectivity index (χ2n) is 6.60. The average Bonchev–Trinajstić information content (AvgIpc) is 3.12. The molecule has 0 aromatic heterocycles. The summed E-state index contributed by atoms with van der Waals surface area (Å²) in [5.41, 5.74) is 2.34. The van der Waals surface area contributed by atoms with Gasteiger partial charge in [-0.05, 0) is 55.7 Å². The van der Waals surface area contributed by atoms with Crippen molar-refractivity contribution in [3.05, 3.63) is 53.6 Å². The molecule has 0 unspecified atom stereocenters. The van der Waals surface area contributed by atoms with Crippen LogP contribution in [0, 0.1) is 0 Å². The highest BCUT2D eigenvalue weighted by Gasteiger charge is 2.13. The Morgan fingerprint density at radius 1 is 1.07 bits per heavy atom. The van der Waals surface area contributed by atoms with Crippen molar-refractivity contribution in [2.45, 2.75) is 32.9 Å². The van der Waals surface area contributed by atoms with E-state index in [1.54, 1.807) is 7.05 Å². The lowest BCUT2D eigenvalue weighted by Gasteiger charge is -2.14. The summed E-state index contributed by atoms with van der Waals surface area (Å²) >= 11 is 0. The fraction of sp³-hybridized carbons (Fsp3) is 0.381. The molecule has 1 aliphatic rings. The number of hydrogen-bond donors (Lipinski definition) is 2. The third kappa shape index (κ3) is 6.47. The highest BCUT2D eigenvalue weighted by Crippen LogP contribution is 2.32. The number of hydrogen-bond acceptors (Lipinski definition) is 4. The molecule has 7 heteroatoms. The van der Waals surface area contributed by atoms with E-state index in [2.05, 4.69) is 27.8 Å². The zero-order valence-corrected chi connectivity index (χ0v) is 18.9. The second kappa shape index (κ2) is 11.0. The van der Waals surface area contributed by atoms with Crippen LogP contribution in [0.5, 0.6) is 17.2 Å². The first-order chi connectivity index (χ1) is 13.1. The molecule has 28 heavy (non-hydrogen) atoms. The number of halogens is 1. The van der Waals surface area contributed by atoms with Crippen LogP contribution in [0.2, 0.25) is 0 Å². The molecular formula is C21H28IN3O3. The maximum atomic E-state index is 5.74. The molecule has 1 heterocycles. The number of guanidine groups is 1. The molecule has 0 spiro atoms. The van der Waals surface area contributed by atoms with Crippen molar-refractivity contribution < 1.29 is 14.2 Å². The van der Waals surface area contributed by atoms with Crippen LogP contribution in [0.25, 0.3) is 0 Å².